The quantitative estimate of drug-likeness (QED) is 0.724. The van der Waals surface area contributed by atoms with Gasteiger partial charge in [-0.05, 0) is 6.07 Å². The molecule has 0 aromatic heterocycles. The first kappa shape index (κ1) is 16.0. The van der Waals surface area contributed by atoms with Gasteiger partial charge in [-0.1, -0.05) is 0 Å². The van der Waals surface area contributed by atoms with Crippen molar-refractivity contribution in [3.63, 3.8) is 0 Å². The first-order valence-electron chi connectivity index (χ1n) is 5.64. The Balaban J connectivity index is 2.89. The third-order valence-corrected chi connectivity index (χ3v) is 2.57. The number of nitrogens with two attached hydrogens (primary N) is 1. The molecule has 0 bridgehead atoms. The van der Waals surface area contributed by atoms with E-state index < -0.39 is 40.9 Å². The highest BCUT2D eigenvalue weighted by Crippen LogP contribution is 2.20. The van der Waals surface area contributed by atoms with Crippen molar-refractivity contribution in [3.8, 4) is 0 Å². The van der Waals surface area contributed by atoms with E-state index in [4.69, 9.17) is 15.6 Å². The van der Waals surface area contributed by atoms with Crippen LogP contribution in [0.25, 0.3) is 0 Å². The Morgan fingerprint density at radius 2 is 2.05 bits per heavy atom. The molecule has 6 nitrogen and oxygen atoms in total. The van der Waals surface area contributed by atoms with Gasteiger partial charge in [-0.15, -0.1) is 0 Å². The summed E-state index contributed by atoms with van der Waals surface area (Å²) in [4.78, 5) is 22.3. The summed E-state index contributed by atoms with van der Waals surface area (Å²) in [5.41, 5.74) is 4.18. The summed E-state index contributed by atoms with van der Waals surface area (Å²) >= 11 is 0. The molecule has 0 aliphatic rings. The van der Waals surface area contributed by atoms with Gasteiger partial charge in [-0.25, -0.2) is 13.6 Å². The minimum Gasteiger partial charge on any atom is -0.478 e. The number of hydrogen-bond donors (Lipinski definition) is 3. The minimum atomic E-state index is -1.56. The van der Waals surface area contributed by atoms with Crippen molar-refractivity contribution in [3.05, 3.63) is 29.3 Å². The fourth-order valence-electron chi connectivity index (χ4n) is 1.48. The molecule has 1 rings (SSSR count). The number of anilines is 1. The highest BCUT2D eigenvalue weighted by Gasteiger charge is 2.18. The van der Waals surface area contributed by atoms with Crippen molar-refractivity contribution in [2.75, 3.05) is 19.0 Å². The maximum absolute atomic E-state index is 13.5. The largest absolute Gasteiger partial charge is 0.478 e. The van der Waals surface area contributed by atoms with Crippen LogP contribution >= 0.6 is 0 Å². The van der Waals surface area contributed by atoms with Crippen LogP contribution in [0.4, 0.5) is 14.5 Å². The van der Waals surface area contributed by atoms with Gasteiger partial charge in [-0.2, -0.15) is 0 Å². The zero-order valence-corrected chi connectivity index (χ0v) is 10.7. The lowest BCUT2D eigenvalue weighted by Crippen LogP contribution is -2.28. The lowest BCUT2D eigenvalue weighted by atomic mass is 10.1. The smallest absolute Gasteiger partial charge is 0.338 e. The van der Waals surface area contributed by atoms with Gasteiger partial charge in [0.15, 0.2) is 0 Å². The van der Waals surface area contributed by atoms with Crippen LogP contribution in [-0.2, 0) is 9.53 Å². The molecule has 0 radical (unpaired) electrons. The molecular weight excluding hydrogens is 274 g/mol. The Kier molecular flexibility index (Phi) is 5.53. The number of rotatable bonds is 6. The lowest BCUT2D eigenvalue weighted by molar-refractivity contribution is -0.118. The van der Waals surface area contributed by atoms with Crippen LogP contribution in [0.2, 0.25) is 0 Å². The molecule has 8 heteroatoms. The van der Waals surface area contributed by atoms with E-state index in [0.29, 0.717) is 6.07 Å². The maximum Gasteiger partial charge on any atom is 0.338 e. The number of benzene rings is 1. The van der Waals surface area contributed by atoms with Crippen LogP contribution < -0.4 is 11.1 Å². The van der Waals surface area contributed by atoms with Gasteiger partial charge in [0, 0.05) is 19.7 Å². The summed E-state index contributed by atoms with van der Waals surface area (Å²) in [5, 5.41) is 10.9. The highest BCUT2D eigenvalue weighted by atomic mass is 19.1. The molecule has 1 amide bonds. The highest BCUT2D eigenvalue weighted by molar-refractivity contribution is 5.94. The van der Waals surface area contributed by atoms with Gasteiger partial charge < -0.3 is 20.9 Å². The minimum absolute atomic E-state index is 0.0934. The van der Waals surface area contributed by atoms with E-state index in [1.807, 2.05) is 0 Å². The Bertz CT molecular complexity index is 518. The number of halogens is 2. The number of methoxy groups -OCH3 is 1. The van der Waals surface area contributed by atoms with E-state index in [2.05, 4.69) is 5.32 Å². The molecule has 4 N–H and O–H groups in total. The number of carboxylic acids is 1. The summed E-state index contributed by atoms with van der Waals surface area (Å²) in [7, 11) is 1.37. The van der Waals surface area contributed by atoms with Gasteiger partial charge in [0.05, 0.1) is 23.8 Å². The summed E-state index contributed by atoms with van der Waals surface area (Å²) in [6.07, 6.45) is -0.677. The Morgan fingerprint density at radius 3 is 2.55 bits per heavy atom. The van der Waals surface area contributed by atoms with Crippen molar-refractivity contribution >= 4 is 17.6 Å². The van der Waals surface area contributed by atoms with E-state index in [1.165, 1.54) is 7.11 Å². The number of carbonyl (C=O) groups excluding carboxylic acids is 1. The van der Waals surface area contributed by atoms with Crippen LogP contribution in [0, 0.1) is 11.6 Å². The molecular formula is C12H14F2N2O4. The molecule has 0 fully saturated rings. The van der Waals surface area contributed by atoms with Gasteiger partial charge in [0.25, 0.3) is 0 Å². The summed E-state index contributed by atoms with van der Waals surface area (Å²) in [6, 6.07) is 1.12. The average Bonchev–Trinajstić information content (AvgIpc) is 2.38. The molecule has 0 aliphatic carbocycles. The molecule has 0 spiro atoms. The van der Waals surface area contributed by atoms with Crippen molar-refractivity contribution in [2.45, 2.75) is 12.5 Å². The third kappa shape index (κ3) is 3.97. The summed E-state index contributed by atoms with van der Waals surface area (Å²) < 4.78 is 31.5. The molecule has 110 valence electrons. The fraction of sp³-hybridized carbons (Fsp3) is 0.333. The van der Waals surface area contributed by atoms with Gasteiger partial charge in [0.1, 0.15) is 11.6 Å². The summed E-state index contributed by atoms with van der Waals surface area (Å²) in [5.74, 6) is -4.47. The zero-order valence-electron chi connectivity index (χ0n) is 10.7. The standard InChI is InChI=1S/C12H14F2N2O4/c1-20-6(5-15)2-11(17)16-10-3-7(12(18)19)8(13)4-9(10)14/h3-4,6H,2,5,15H2,1H3,(H,16,17)(H,18,19). The molecule has 1 aromatic rings. The number of ether oxygens (including phenoxy) is 1. The monoisotopic (exact) mass is 288 g/mol. The molecule has 0 heterocycles. The van der Waals surface area contributed by atoms with Gasteiger partial charge in [0.2, 0.25) is 5.91 Å². The molecule has 1 unspecified atom stereocenters. The van der Waals surface area contributed by atoms with E-state index in [1.54, 1.807) is 0 Å². The number of nitrogens with one attached hydrogen (secondary N) is 1. The van der Waals surface area contributed by atoms with Gasteiger partial charge in [-0.3, -0.25) is 4.79 Å². The molecule has 0 aliphatic heterocycles. The van der Waals surface area contributed by atoms with E-state index >= 15 is 0 Å². The van der Waals surface area contributed by atoms with Crippen molar-refractivity contribution < 1.29 is 28.2 Å². The normalized spacial score (nSPS) is 12.0. The van der Waals surface area contributed by atoms with Crippen LogP contribution in [0.15, 0.2) is 12.1 Å². The number of carbonyl (C=O) groups is 2. The van der Waals surface area contributed by atoms with Crippen LogP contribution in [-0.4, -0.2) is 36.7 Å². The van der Waals surface area contributed by atoms with Crippen molar-refractivity contribution in [2.24, 2.45) is 5.73 Å². The average molecular weight is 288 g/mol. The van der Waals surface area contributed by atoms with E-state index in [-0.39, 0.29) is 13.0 Å². The summed E-state index contributed by atoms with van der Waals surface area (Å²) in [6.45, 7) is 0.0934. The van der Waals surface area contributed by atoms with Crippen molar-refractivity contribution in [1.82, 2.24) is 0 Å². The van der Waals surface area contributed by atoms with Crippen LogP contribution in [0.5, 0.6) is 0 Å². The first-order valence-corrected chi connectivity index (χ1v) is 5.64. The molecule has 20 heavy (non-hydrogen) atoms. The number of aromatic carboxylic acids is 1. The predicted octanol–water partition coefficient (Wildman–Crippen LogP) is 0.965. The molecule has 1 aromatic carbocycles. The number of hydrogen-bond acceptors (Lipinski definition) is 4. The zero-order chi connectivity index (χ0) is 15.3. The fourth-order valence-corrected chi connectivity index (χ4v) is 1.48. The van der Waals surface area contributed by atoms with E-state index in [0.717, 1.165) is 6.07 Å². The molecule has 0 saturated carbocycles. The van der Waals surface area contributed by atoms with Crippen LogP contribution in [0.3, 0.4) is 0 Å². The van der Waals surface area contributed by atoms with Gasteiger partial charge >= 0.3 is 5.97 Å². The Hall–Kier alpha value is -2.06. The Labute approximate surface area is 113 Å². The second kappa shape index (κ2) is 6.92. The van der Waals surface area contributed by atoms with Crippen LogP contribution in [0.1, 0.15) is 16.8 Å². The third-order valence-electron chi connectivity index (χ3n) is 2.57. The number of amides is 1. The second-order valence-corrected chi connectivity index (χ2v) is 3.96. The first-order chi connectivity index (χ1) is 9.38. The topological polar surface area (TPSA) is 102 Å². The molecule has 1 atom stereocenters. The maximum atomic E-state index is 13.5. The molecule has 0 saturated heterocycles. The predicted molar refractivity (Wildman–Crippen MR) is 66.4 cm³/mol. The SMILES string of the molecule is COC(CN)CC(=O)Nc1cc(C(=O)O)c(F)cc1F. The Morgan fingerprint density at radius 1 is 1.40 bits per heavy atom. The number of carboxylic acid groups (broad SMARTS) is 1. The van der Waals surface area contributed by atoms with E-state index in [9.17, 15) is 18.4 Å². The van der Waals surface area contributed by atoms with Crippen molar-refractivity contribution in [1.29, 1.82) is 0 Å². The second-order valence-electron chi connectivity index (χ2n) is 3.96. The lowest BCUT2D eigenvalue weighted by Gasteiger charge is -2.13.